The Balaban J connectivity index is 2.70. The molecule has 3 nitrogen and oxygen atoms in total. The second-order valence-corrected chi connectivity index (χ2v) is 4.25. The summed E-state index contributed by atoms with van der Waals surface area (Å²) < 4.78 is 5.45. The third-order valence-corrected chi connectivity index (χ3v) is 2.17. The number of amides is 1. The molecule has 0 radical (unpaired) electrons. The van der Waals surface area contributed by atoms with E-state index in [1.54, 1.807) is 0 Å². The van der Waals surface area contributed by atoms with Gasteiger partial charge in [-0.15, -0.1) is 0 Å². The van der Waals surface area contributed by atoms with Crippen molar-refractivity contribution in [3.63, 3.8) is 0 Å². The van der Waals surface area contributed by atoms with E-state index in [9.17, 15) is 4.79 Å². The van der Waals surface area contributed by atoms with E-state index in [0.717, 1.165) is 0 Å². The highest BCUT2D eigenvalue weighted by atomic mass is 16.5. The van der Waals surface area contributed by atoms with Crippen molar-refractivity contribution in [2.75, 3.05) is 6.61 Å². The van der Waals surface area contributed by atoms with Crippen LogP contribution < -0.4 is 5.32 Å². The summed E-state index contributed by atoms with van der Waals surface area (Å²) in [5.41, 5.74) is -0.233. The first-order valence-electron chi connectivity index (χ1n) is 4.36. The van der Waals surface area contributed by atoms with Crippen LogP contribution in [0, 0.1) is 5.92 Å². The zero-order chi connectivity index (χ0) is 9.35. The molecule has 1 rings (SSSR count). The van der Waals surface area contributed by atoms with Crippen molar-refractivity contribution in [2.45, 2.75) is 39.3 Å². The summed E-state index contributed by atoms with van der Waals surface area (Å²) in [7, 11) is 0. The van der Waals surface area contributed by atoms with Gasteiger partial charge in [-0.1, -0.05) is 13.8 Å². The van der Waals surface area contributed by atoms with E-state index in [0.29, 0.717) is 5.92 Å². The largest absolute Gasteiger partial charge is 0.366 e. The van der Waals surface area contributed by atoms with Gasteiger partial charge in [-0.05, 0) is 19.8 Å². The van der Waals surface area contributed by atoms with Gasteiger partial charge in [-0.2, -0.15) is 0 Å². The first-order valence-corrected chi connectivity index (χ1v) is 4.36. The Bertz CT molecular complexity index is 187. The molecule has 0 spiro atoms. The minimum atomic E-state index is -0.233. The van der Waals surface area contributed by atoms with Gasteiger partial charge < -0.3 is 10.1 Å². The number of carbonyl (C=O) groups is 1. The molecule has 0 saturated carbocycles. The fourth-order valence-corrected chi connectivity index (χ4v) is 1.87. The zero-order valence-corrected chi connectivity index (χ0v) is 8.18. The molecule has 1 heterocycles. The lowest BCUT2D eigenvalue weighted by Gasteiger charge is -2.41. The molecule has 1 unspecified atom stereocenters. The van der Waals surface area contributed by atoms with Crippen molar-refractivity contribution < 1.29 is 9.53 Å². The summed E-state index contributed by atoms with van der Waals surface area (Å²) in [5.74, 6) is 0.414. The number of morpholine rings is 1. The molecule has 1 saturated heterocycles. The normalized spacial score (nSPS) is 28.8. The molecule has 0 aromatic carbocycles. The van der Waals surface area contributed by atoms with Crippen molar-refractivity contribution in [1.29, 1.82) is 0 Å². The summed E-state index contributed by atoms with van der Waals surface area (Å²) in [6, 6.07) is 0. The number of hydrogen-bond donors (Lipinski definition) is 1. The molecule has 1 aliphatic heterocycles. The lowest BCUT2D eigenvalue weighted by atomic mass is 9.87. The van der Waals surface area contributed by atoms with Gasteiger partial charge >= 0.3 is 0 Å². The molecule has 0 bridgehead atoms. The lowest BCUT2D eigenvalue weighted by molar-refractivity contribution is -0.145. The van der Waals surface area contributed by atoms with Crippen LogP contribution in [0.5, 0.6) is 0 Å². The summed E-state index contributed by atoms with van der Waals surface area (Å²) in [4.78, 5) is 11.0. The average Bonchev–Trinajstić information content (AvgIpc) is 1.82. The topological polar surface area (TPSA) is 38.3 Å². The van der Waals surface area contributed by atoms with Crippen LogP contribution in [-0.2, 0) is 9.53 Å². The molecule has 0 aromatic rings. The van der Waals surface area contributed by atoms with Gasteiger partial charge in [-0.25, -0.2) is 0 Å². The Morgan fingerprint density at radius 3 is 2.58 bits per heavy atom. The van der Waals surface area contributed by atoms with Crippen molar-refractivity contribution in [2.24, 2.45) is 5.92 Å². The molecule has 1 fully saturated rings. The monoisotopic (exact) mass is 171 g/mol. The predicted molar refractivity (Wildman–Crippen MR) is 46.8 cm³/mol. The fourth-order valence-electron chi connectivity index (χ4n) is 1.87. The van der Waals surface area contributed by atoms with E-state index in [1.807, 2.05) is 13.8 Å². The number of carbonyl (C=O) groups excluding carboxylic acids is 1. The van der Waals surface area contributed by atoms with Crippen LogP contribution >= 0.6 is 0 Å². The number of ether oxygens (including phenoxy) is 1. The van der Waals surface area contributed by atoms with Crippen LogP contribution in [0.3, 0.4) is 0 Å². The highest BCUT2D eigenvalue weighted by Crippen LogP contribution is 2.23. The highest BCUT2D eigenvalue weighted by Gasteiger charge is 2.37. The van der Waals surface area contributed by atoms with Crippen LogP contribution in [-0.4, -0.2) is 24.2 Å². The van der Waals surface area contributed by atoms with E-state index in [4.69, 9.17) is 4.74 Å². The third-order valence-electron chi connectivity index (χ3n) is 2.17. The zero-order valence-electron chi connectivity index (χ0n) is 8.18. The predicted octanol–water partition coefficient (Wildman–Crippen LogP) is 0.936. The average molecular weight is 171 g/mol. The molecule has 0 aliphatic carbocycles. The van der Waals surface area contributed by atoms with Gasteiger partial charge in [0.05, 0.1) is 11.6 Å². The highest BCUT2D eigenvalue weighted by molar-refractivity contribution is 5.78. The molecule has 1 aliphatic rings. The molecule has 1 atom stereocenters. The van der Waals surface area contributed by atoms with Crippen LogP contribution in [0.2, 0.25) is 0 Å². The molecule has 12 heavy (non-hydrogen) atoms. The molecule has 3 heteroatoms. The van der Waals surface area contributed by atoms with E-state index in [1.165, 1.54) is 0 Å². The molecular weight excluding hydrogens is 154 g/mol. The smallest absolute Gasteiger partial charge is 0.246 e. The lowest BCUT2D eigenvalue weighted by Crippen LogP contribution is -2.60. The molecule has 1 amide bonds. The summed E-state index contributed by atoms with van der Waals surface area (Å²) >= 11 is 0. The Labute approximate surface area is 73.5 Å². The van der Waals surface area contributed by atoms with E-state index < -0.39 is 0 Å². The molecular formula is C9H17NO2. The van der Waals surface area contributed by atoms with Crippen molar-refractivity contribution in [3.05, 3.63) is 0 Å². The maximum Gasteiger partial charge on any atom is 0.246 e. The number of hydrogen-bond acceptors (Lipinski definition) is 2. The summed E-state index contributed by atoms with van der Waals surface area (Å²) in [6.07, 6.45) is 0.121. The molecule has 70 valence electrons. The van der Waals surface area contributed by atoms with Crippen molar-refractivity contribution >= 4 is 5.91 Å². The standard InChI is InChI=1S/C9H17NO2/c1-6(2)8-9(3,4)10-7(11)5-12-8/h6,8H,5H2,1-4H3,(H,10,11). The maximum atomic E-state index is 11.0. The van der Waals surface area contributed by atoms with E-state index >= 15 is 0 Å². The quantitative estimate of drug-likeness (QED) is 0.637. The fraction of sp³-hybridized carbons (Fsp3) is 0.889. The van der Waals surface area contributed by atoms with Crippen LogP contribution in [0.15, 0.2) is 0 Å². The Morgan fingerprint density at radius 1 is 1.58 bits per heavy atom. The van der Waals surface area contributed by atoms with Crippen LogP contribution in [0.4, 0.5) is 0 Å². The molecule has 1 N–H and O–H groups in total. The summed E-state index contributed by atoms with van der Waals surface area (Å²) in [6.45, 7) is 8.39. The SMILES string of the molecule is CC(C)C1OCC(=O)NC1(C)C. The maximum absolute atomic E-state index is 11.0. The van der Waals surface area contributed by atoms with E-state index in [-0.39, 0.29) is 24.2 Å². The van der Waals surface area contributed by atoms with Gasteiger partial charge in [0, 0.05) is 0 Å². The van der Waals surface area contributed by atoms with Gasteiger partial charge in [-0.3, -0.25) is 4.79 Å². The van der Waals surface area contributed by atoms with E-state index in [2.05, 4.69) is 19.2 Å². The Morgan fingerprint density at radius 2 is 2.17 bits per heavy atom. The second kappa shape index (κ2) is 3.05. The minimum absolute atomic E-state index is 0.0168. The Kier molecular flexibility index (Phi) is 2.42. The third kappa shape index (κ3) is 1.78. The molecule has 0 aromatic heterocycles. The van der Waals surface area contributed by atoms with Gasteiger partial charge in [0.2, 0.25) is 5.91 Å². The van der Waals surface area contributed by atoms with Crippen molar-refractivity contribution in [1.82, 2.24) is 5.32 Å². The van der Waals surface area contributed by atoms with Gasteiger partial charge in [0.1, 0.15) is 6.61 Å². The second-order valence-electron chi connectivity index (χ2n) is 4.25. The number of nitrogens with one attached hydrogen (secondary N) is 1. The van der Waals surface area contributed by atoms with Gasteiger partial charge in [0.25, 0.3) is 0 Å². The first kappa shape index (κ1) is 9.52. The van der Waals surface area contributed by atoms with Crippen LogP contribution in [0.1, 0.15) is 27.7 Å². The Hall–Kier alpha value is -0.570. The van der Waals surface area contributed by atoms with Gasteiger partial charge in [0.15, 0.2) is 0 Å². The van der Waals surface area contributed by atoms with Crippen LogP contribution in [0.25, 0.3) is 0 Å². The summed E-state index contributed by atoms with van der Waals surface area (Å²) in [5, 5.41) is 2.92. The first-order chi connectivity index (χ1) is 5.43. The number of rotatable bonds is 1. The minimum Gasteiger partial charge on any atom is -0.366 e. The van der Waals surface area contributed by atoms with Crippen molar-refractivity contribution in [3.8, 4) is 0 Å².